The number of hydrogen-bond acceptors (Lipinski definition) is 4. The van der Waals surface area contributed by atoms with Gasteiger partial charge in [-0.1, -0.05) is 51.2 Å². The van der Waals surface area contributed by atoms with Crippen LogP contribution in [0.2, 0.25) is 0 Å². The zero-order valence-corrected chi connectivity index (χ0v) is 16.7. The predicted molar refractivity (Wildman–Crippen MR) is 109 cm³/mol. The van der Waals surface area contributed by atoms with Crippen molar-refractivity contribution in [1.82, 2.24) is 16.2 Å². The van der Waals surface area contributed by atoms with Crippen molar-refractivity contribution in [3.63, 3.8) is 0 Å². The zero-order chi connectivity index (χ0) is 19.5. The van der Waals surface area contributed by atoms with Crippen molar-refractivity contribution in [2.45, 2.75) is 58.3 Å². The molecule has 1 aliphatic carbocycles. The molecule has 3 N–H and O–H groups in total. The van der Waals surface area contributed by atoms with E-state index < -0.39 is 0 Å². The van der Waals surface area contributed by atoms with Gasteiger partial charge in [0.1, 0.15) is 5.75 Å². The fourth-order valence-corrected chi connectivity index (χ4v) is 3.37. The fraction of sp³-hybridized carbons (Fsp3) is 0.550. The van der Waals surface area contributed by atoms with Gasteiger partial charge >= 0.3 is 0 Å². The second kappa shape index (κ2) is 11.5. The summed E-state index contributed by atoms with van der Waals surface area (Å²) in [5.74, 6) is 0.658. The quantitative estimate of drug-likeness (QED) is 0.490. The lowest BCUT2D eigenvalue weighted by Crippen LogP contribution is -2.48. The highest BCUT2D eigenvalue weighted by atomic mass is 32.1. The van der Waals surface area contributed by atoms with E-state index in [4.69, 9.17) is 17.0 Å². The predicted octanol–water partition coefficient (Wildman–Crippen LogP) is 3.47. The first-order chi connectivity index (χ1) is 13.1. The third-order valence-corrected chi connectivity index (χ3v) is 4.84. The van der Waals surface area contributed by atoms with E-state index in [1.54, 1.807) is 18.2 Å². The lowest BCUT2D eigenvalue weighted by atomic mass is 9.86. The van der Waals surface area contributed by atoms with E-state index in [9.17, 15) is 9.59 Å². The highest BCUT2D eigenvalue weighted by Gasteiger charge is 2.16. The third-order valence-electron chi connectivity index (χ3n) is 4.64. The molecule has 2 rings (SSSR count). The average Bonchev–Trinajstić information content (AvgIpc) is 2.70. The Bertz CT molecular complexity index is 645. The summed E-state index contributed by atoms with van der Waals surface area (Å²) in [4.78, 5) is 24.3. The van der Waals surface area contributed by atoms with Gasteiger partial charge in [-0.05, 0) is 43.1 Å². The molecule has 6 nitrogen and oxygen atoms in total. The number of nitrogens with one attached hydrogen (secondary N) is 3. The van der Waals surface area contributed by atoms with Crippen LogP contribution in [0.5, 0.6) is 5.75 Å². The van der Waals surface area contributed by atoms with Crippen LogP contribution in [0, 0.1) is 5.92 Å². The second-order valence-corrected chi connectivity index (χ2v) is 7.25. The zero-order valence-electron chi connectivity index (χ0n) is 15.9. The molecule has 0 saturated heterocycles. The Balaban J connectivity index is 1.73. The third kappa shape index (κ3) is 7.54. The summed E-state index contributed by atoms with van der Waals surface area (Å²) in [6, 6.07) is 7.00. The molecule has 1 fully saturated rings. The number of para-hydroxylation sites is 1. The van der Waals surface area contributed by atoms with Crippen LogP contribution in [0.4, 0.5) is 0 Å². The van der Waals surface area contributed by atoms with E-state index in [2.05, 4.69) is 16.2 Å². The van der Waals surface area contributed by atoms with Crippen LogP contribution in [-0.4, -0.2) is 23.5 Å². The molecule has 1 aromatic carbocycles. The molecule has 0 unspecified atom stereocenters. The van der Waals surface area contributed by atoms with Gasteiger partial charge in [0.25, 0.3) is 5.91 Å². The maximum Gasteiger partial charge on any atom is 0.273 e. The summed E-state index contributed by atoms with van der Waals surface area (Å²) >= 11 is 5.08. The molecule has 148 valence electrons. The van der Waals surface area contributed by atoms with Crippen LogP contribution in [0.25, 0.3) is 0 Å². The molecular weight excluding hydrogens is 362 g/mol. The molecule has 1 aromatic rings. The van der Waals surface area contributed by atoms with E-state index in [-0.39, 0.29) is 16.9 Å². The summed E-state index contributed by atoms with van der Waals surface area (Å²) in [6.45, 7) is 2.53. The Morgan fingerprint density at radius 2 is 1.89 bits per heavy atom. The highest BCUT2D eigenvalue weighted by Crippen LogP contribution is 2.27. The Morgan fingerprint density at radius 1 is 1.15 bits per heavy atom. The minimum absolute atomic E-state index is 0.0870. The Kier molecular flexibility index (Phi) is 9.04. The van der Waals surface area contributed by atoms with Gasteiger partial charge in [-0.3, -0.25) is 20.4 Å². The fourth-order valence-electron chi connectivity index (χ4n) is 3.20. The van der Waals surface area contributed by atoms with Crippen LogP contribution in [-0.2, 0) is 4.79 Å². The van der Waals surface area contributed by atoms with Crippen LogP contribution < -0.4 is 20.9 Å². The standard InChI is InChI=1S/C20H29N3O3S/c1-2-14-26-17-11-7-6-10-16(17)19(25)22-23-20(27)21-18(24)13-12-15-8-4-3-5-9-15/h6-7,10-11,15H,2-5,8-9,12-14H2,1H3,(H,22,25)(H2,21,23,24,27). The first kappa shape index (κ1) is 21.2. The lowest BCUT2D eigenvalue weighted by Gasteiger charge is -2.21. The molecule has 0 bridgehead atoms. The summed E-state index contributed by atoms with van der Waals surface area (Å²) < 4.78 is 5.58. The van der Waals surface area contributed by atoms with Gasteiger partial charge in [-0.2, -0.15) is 0 Å². The largest absolute Gasteiger partial charge is 0.493 e. The van der Waals surface area contributed by atoms with E-state index >= 15 is 0 Å². The smallest absolute Gasteiger partial charge is 0.273 e. The van der Waals surface area contributed by atoms with Crippen molar-refractivity contribution in [3.8, 4) is 5.75 Å². The minimum atomic E-state index is -0.375. The molecule has 0 heterocycles. The van der Waals surface area contributed by atoms with E-state index in [1.807, 2.05) is 13.0 Å². The van der Waals surface area contributed by atoms with Crippen molar-refractivity contribution in [3.05, 3.63) is 29.8 Å². The molecule has 0 spiro atoms. The maximum atomic E-state index is 12.3. The molecule has 7 heteroatoms. The Hall–Kier alpha value is -2.15. The molecule has 0 atom stereocenters. The number of ether oxygens (including phenoxy) is 1. The lowest BCUT2D eigenvalue weighted by molar-refractivity contribution is -0.120. The summed E-state index contributed by atoms with van der Waals surface area (Å²) in [5.41, 5.74) is 5.49. The second-order valence-electron chi connectivity index (χ2n) is 6.84. The normalized spacial score (nSPS) is 14.3. The Labute approximate surface area is 166 Å². The molecular formula is C20H29N3O3S. The molecule has 0 aliphatic heterocycles. The molecule has 2 amide bonds. The van der Waals surface area contributed by atoms with Gasteiger partial charge in [0.2, 0.25) is 5.91 Å². The van der Waals surface area contributed by atoms with Gasteiger partial charge in [-0.25, -0.2) is 0 Å². The maximum absolute atomic E-state index is 12.3. The van der Waals surface area contributed by atoms with E-state index in [1.165, 1.54) is 32.1 Å². The number of benzene rings is 1. The SMILES string of the molecule is CCCOc1ccccc1C(=O)NNC(=S)NC(=O)CCC1CCCCC1. The summed E-state index contributed by atoms with van der Waals surface area (Å²) in [7, 11) is 0. The van der Waals surface area contributed by atoms with Gasteiger partial charge in [0.15, 0.2) is 5.11 Å². The number of amides is 2. The molecule has 0 aromatic heterocycles. The number of rotatable bonds is 7. The number of thiocarbonyl (C=S) groups is 1. The van der Waals surface area contributed by atoms with Crippen molar-refractivity contribution < 1.29 is 14.3 Å². The van der Waals surface area contributed by atoms with Crippen LogP contribution in [0.1, 0.15) is 68.6 Å². The molecule has 1 aliphatic rings. The number of hydrogen-bond donors (Lipinski definition) is 3. The first-order valence-corrected chi connectivity index (χ1v) is 10.1. The van der Waals surface area contributed by atoms with E-state index in [0.717, 1.165) is 12.8 Å². The van der Waals surface area contributed by atoms with Crippen LogP contribution in [0.3, 0.4) is 0 Å². The van der Waals surface area contributed by atoms with Crippen LogP contribution >= 0.6 is 12.2 Å². The first-order valence-electron chi connectivity index (χ1n) is 9.72. The van der Waals surface area contributed by atoms with Crippen molar-refractivity contribution in [2.75, 3.05) is 6.61 Å². The van der Waals surface area contributed by atoms with Crippen molar-refractivity contribution in [1.29, 1.82) is 0 Å². The average molecular weight is 392 g/mol. The monoisotopic (exact) mass is 391 g/mol. The Morgan fingerprint density at radius 3 is 2.63 bits per heavy atom. The van der Waals surface area contributed by atoms with E-state index in [0.29, 0.717) is 30.3 Å². The topological polar surface area (TPSA) is 79.5 Å². The number of carbonyl (C=O) groups is 2. The van der Waals surface area contributed by atoms with Gasteiger partial charge in [0.05, 0.1) is 12.2 Å². The number of carbonyl (C=O) groups excluding carboxylic acids is 2. The van der Waals surface area contributed by atoms with Gasteiger partial charge in [0, 0.05) is 6.42 Å². The molecule has 27 heavy (non-hydrogen) atoms. The number of hydrazine groups is 1. The molecule has 1 saturated carbocycles. The van der Waals surface area contributed by atoms with Gasteiger partial charge in [-0.15, -0.1) is 0 Å². The highest BCUT2D eigenvalue weighted by molar-refractivity contribution is 7.80. The van der Waals surface area contributed by atoms with Gasteiger partial charge < -0.3 is 10.1 Å². The summed E-state index contributed by atoms with van der Waals surface area (Å²) in [6.07, 6.45) is 8.46. The van der Waals surface area contributed by atoms with Crippen molar-refractivity contribution in [2.24, 2.45) is 5.92 Å². The van der Waals surface area contributed by atoms with Crippen LogP contribution in [0.15, 0.2) is 24.3 Å². The molecule has 0 radical (unpaired) electrons. The summed E-state index contributed by atoms with van der Waals surface area (Å²) in [5, 5.41) is 2.70. The van der Waals surface area contributed by atoms with Crippen molar-refractivity contribution >= 4 is 29.1 Å². The minimum Gasteiger partial charge on any atom is -0.493 e.